The molecule has 1 fully saturated rings. The molecule has 0 unspecified atom stereocenters. The number of amides is 1. The van der Waals surface area contributed by atoms with E-state index in [2.05, 4.69) is 10.3 Å². The molecule has 0 bridgehead atoms. The van der Waals surface area contributed by atoms with Crippen molar-refractivity contribution in [1.82, 2.24) is 14.3 Å². The van der Waals surface area contributed by atoms with Gasteiger partial charge in [-0.05, 0) is 37.1 Å². The van der Waals surface area contributed by atoms with E-state index in [9.17, 15) is 9.59 Å². The summed E-state index contributed by atoms with van der Waals surface area (Å²) in [5.74, 6) is 0.187. The van der Waals surface area contributed by atoms with Crippen LogP contribution < -0.4 is 10.9 Å². The van der Waals surface area contributed by atoms with Crippen LogP contribution in [0.15, 0.2) is 52.3 Å². The number of carbonyl (C=O) groups excluding carboxylic acids is 1. The molecule has 1 saturated heterocycles. The van der Waals surface area contributed by atoms with Gasteiger partial charge in [-0.2, -0.15) is 0 Å². The van der Waals surface area contributed by atoms with E-state index in [0.717, 1.165) is 16.7 Å². The molecule has 1 aliphatic rings. The predicted molar refractivity (Wildman–Crippen MR) is 136 cm³/mol. The maximum Gasteiger partial charge on any atom is 0.267 e. The summed E-state index contributed by atoms with van der Waals surface area (Å²) in [5, 5.41) is 3.16. The Kier molecular flexibility index (Phi) is 6.92. The van der Waals surface area contributed by atoms with Crippen LogP contribution in [0.5, 0.6) is 0 Å². The van der Waals surface area contributed by atoms with Crippen LogP contribution >= 0.6 is 24.0 Å². The maximum absolute atomic E-state index is 13.4. The number of methoxy groups -OCH3 is 1. The Labute approximate surface area is 201 Å². The fourth-order valence-electron chi connectivity index (χ4n) is 3.44. The zero-order chi connectivity index (χ0) is 23.5. The largest absolute Gasteiger partial charge is 0.383 e. The summed E-state index contributed by atoms with van der Waals surface area (Å²) in [6.07, 6.45) is 3.33. The highest BCUT2D eigenvalue weighted by Crippen LogP contribution is 2.34. The molecule has 170 valence electrons. The third kappa shape index (κ3) is 5.00. The van der Waals surface area contributed by atoms with Crippen LogP contribution in [0.4, 0.5) is 5.82 Å². The Bertz CT molecular complexity index is 1320. The van der Waals surface area contributed by atoms with Crippen LogP contribution in [0.2, 0.25) is 0 Å². The van der Waals surface area contributed by atoms with Gasteiger partial charge >= 0.3 is 0 Å². The zero-order valence-electron chi connectivity index (χ0n) is 18.6. The molecule has 0 aliphatic carbocycles. The molecule has 0 atom stereocenters. The van der Waals surface area contributed by atoms with E-state index in [1.165, 1.54) is 16.2 Å². The van der Waals surface area contributed by atoms with Crippen LogP contribution in [0.3, 0.4) is 0 Å². The van der Waals surface area contributed by atoms with E-state index in [4.69, 9.17) is 17.0 Å². The van der Waals surface area contributed by atoms with Crippen LogP contribution in [0.1, 0.15) is 22.3 Å². The van der Waals surface area contributed by atoms with Crippen molar-refractivity contribution in [3.63, 3.8) is 0 Å². The van der Waals surface area contributed by atoms with Crippen LogP contribution in [-0.4, -0.2) is 44.8 Å². The lowest BCUT2D eigenvalue weighted by Gasteiger charge is -2.14. The van der Waals surface area contributed by atoms with Crippen LogP contribution in [-0.2, 0) is 16.1 Å². The number of benzene rings is 1. The zero-order valence-corrected chi connectivity index (χ0v) is 20.3. The summed E-state index contributed by atoms with van der Waals surface area (Å²) in [6, 6.07) is 11.7. The van der Waals surface area contributed by atoms with Gasteiger partial charge in [-0.3, -0.25) is 18.9 Å². The number of hydrogen-bond acceptors (Lipinski definition) is 7. The van der Waals surface area contributed by atoms with Gasteiger partial charge in [-0.15, -0.1) is 0 Å². The molecule has 3 heterocycles. The molecule has 1 aromatic carbocycles. The molecule has 0 radical (unpaired) electrons. The SMILES string of the molecule is COCCNc1nc2ccc(C)cn2c(=O)c1/C=C1/SC(=S)N(Cc2ccc(C)cc2)C1=O. The van der Waals surface area contributed by atoms with Crippen LogP contribution in [0.25, 0.3) is 11.7 Å². The number of ether oxygens (including phenoxy) is 1. The lowest BCUT2D eigenvalue weighted by Crippen LogP contribution is -2.27. The molecule has 7 nitrogen and oxygen atoms in total. The third-order valence-corrected chi connectivity index (χ3v) is 6.59. The van der Waals surface area contributed by atoms with Gasteiger partial charge in [0.05, 0.1) is 23.6 Å². The summed E-state index contributed by atoms with van der Waals surface area (Å²) >= 11 is 6.67. The van der Waals surface area contributed by atoms with Crippen molar-refractivity contribution in [2.24, 2.45) is 0 Å². The average Bonchev–Trinajstić information content (AvgIpc) is 3.05. The fraction of sp³-hybridized carbons (Fsp3) is 0.250. The monoisotopic (exact) mass is 480 g/mol. The second-order valence-corrected chi connectivity index (χ2v) is 9.46. The first kappa shape index (κ1) is 23.2. The Morgan fingerprint density at radius 2 is 1.85 bits per heavy atom. The van der Waals surface area contributed by atoms with Gasteiger partial charge < -0.3 is 10.1 Å². The van der Waals surface area contributed by atoms with Crippen molar-refractivity contribution >= 4 is 51.7 Å². The van der Waals surface area contributed by atoms with Gasteiger partial charge in [0.25, 0.3) is 11.5 Å². The number of rotatable bonds is 7. The molecule has 0 spiro atoms. The van der Waals surface area contributed by atoms with Crippen molar-refractivity contribution in [2.45, 2.75) is 20.4 Å². The highest BCUT2D eigenvalue weighted by molar-refractivity contribution is 8.26. The minimum absolute atomic E-state index is 0.220. The van der Waals surface area contributed by atoms with E-state index in [1.54, 1.807) is 30.3 Å². The first-order chi connectivity index (χ1) is 15.9. The Balaban J connectivity index is 1.72. The summed E-state index contributed by atoms with van der Waals surface area (Å²) < 4.78 is 7.07. The average molecular weight is 481 g/mol. The number of aromatic nitrogens is 2. The molecule has 33 heavy (non-hydrogen) atoms. The van der Waals surface area contributed by atoms with E-state index in [1.807, 2.05) is 44.2 Å². The number of carbonyl (C=O) groups is 1. The second-order valence-electron chi connectivity index (χ2n) is 7.79. The van der Waals surface area contributed by atoms with E-state index < -0.39 is 0 Å². The van der Waals surface area contributed by atoms with Gasteiger partial charge in [0.2, 0.25) is 0 Å². The summed E-state index contributed by atoms with van der Waals surface area (Å²) in [4.78, 5) is 33.1. The molecule has 0 saturated carbocycles. The molecular weight excluding hydrogens is 456 g/mol. The Hall–Kier alpha value is -3.01. The minimum Gasteiger partial charge on any atom is -0.383 e. The van der Waals surface area contributed by atoms with Gasteiger partial charge in [0, 0.05) is 19.9 Å². The highest BCUT2D eigenvalue weighted by Gasteiger charge is 2.32. The number of thiocarbonyl (C=S) groups is 1. The van der Waals surface area contributed by atoms with Gasteiger partial charge in [-0.1, -0.05) is 59.9 Å². The highest BCUT2D eigenvalue weighted by atomic mass is 32.2. The topological polar surface area (TPSA) is 75.9 Å². The van der Waals surface area contributed by atoms with Crippen molar-refractivity contribution in [3.05, 3.63) is 80.1 Å². The number of pyridine rings is 1. The number of thioether (sulfide) groups is 1. The lowest BCUT2D eigenvalue weighted by molar-refractivity contribution is -0.122. The maximum atomic E-state index is 13.4. The number of anilines is 1. The number of aryl methyl sites for hydroxylation is 2. The van der Waals surface area contributed by atoms with Gasteiger partial charge in [0.15, 0.2) is 0 Å². The van der Waals surface area contributed by atoms with Crippen molar-refractivity contribution in [2.75, 3.05) is 25.6 Å². The molecule has 1 amide bonds. The molecule has 1 aliphatic heterocycles. The molecule has 1 N–H and O–H groups in total. The number of fused-ring (bicyclic) bond motifs is 1. The predicted octanol–water partition coefficient (Wildman–Crippen LogP) is 3.77. The fourth-order valence-corrected chi connectivity index (χ4v) is 4.68. The molecule has 2 aromatic heterocycles. The molecule has 4 rings (SSSR count). The normalized spacial score (nSPS) is 15.1. The Morgan fingerprint density at radius 3 is 2.58 bits per heavy atom. The summed E-state index contributed by atoms with van der Waals surface area (Å²) in [5.41, 5.74) is 3.65. The smallest absolute Gasteiger partial charge is 0.267 e. The number of hydrogen-bond donors (Lipinski definition) is 1. The van der Waals surface area contributed by atoms with Crippen molar-refractivity contribution in [1.29, 1.82) is 0 Å². The first-order valence-corrected chi connectivity index (χ1v) is 11.7. The van der Waals surface area contributed by atoms with Gasteiger partial charge in [0.1, 0.15) is 15.8 Å². The molecule has 3 aromatic rings. The number of nitrogens with one attached hydrogen (secondary N) is 1. The second kappa shape index (κ2) is 9.86. The Morgan fingerprint density at radius 1 is 1.12 bits per heavy atom. The van der Waals surface area contributed by atoms with E-state index >= 15 is 0 Å². The first-order valence-electron chi connectivity index (χ1n) is 10.4. The van der Waals surface area contributed by atoms with Crippen molar-refractivity contribution in [3.8, 4) is 0 Å². The lowest BCUT2D eigenvalue weighted by atomic mass is 10.1. The van der Waals surface area contributed by atoms with Crippen molar-refractivity contribution < 1.29 is 9.53 Å². The number of nitrogens with zero attached hydrogens (tertiary/aromatic N) is 3. The molecular formula is C24H24N4O3S2. The summed E-state index contributed by atoms with van der Waals surface area (Å²) in [6.45, 7) is 5.23. The third-order valence-electron chi connectivity index (χ3n) is 5.21. The molecule has 9 heteroatoms. The van der Waals surface area contributed by atoms with E-state index in [-0.39, 0.29) is 11.5 Å². The van der Waals surface area contributed by atoms with E-state index in [0.29, 0.717) is 46.0 Å². The minimum atomic E-state index is -0.257. The standard InChI is InChI=1S/C24H24N4O3S2/c1-15-4-7-17(8-5-15)14-28-23(30)19(33-24(28)32)12-18-21(25-10-11-31-3)26-20-9-6-16(2)13-27(20)22(18)29/h4-9,12-13,25H,10-11,14H2,1-3H3/b19-12+. The summed E-state index contributed by atoms with van der Waals surface area (Å²) in [7, 11) is 1.60. The van der Waals surface area contributed by atoms with Crippen LogP contribution in [0, 0.1) is 13.8 Å². The quantitative estimate of drug-likeness (QED) is 0.313. The van der Waals surface area contributed by atoms with Gasteiger partial charge in [-0.25, -0.2) is 4.98 Å².